The molecule has 5 heteroatoms. The molecule has 1 heterocycles. The van der Waals surface area contributed by atoms with Gasteiger partial charge < -0.3 is 10.4 Å². The molecule has 5 nitrogen and oxygen atoms in total. The van der Waals surface area contributed by atoms with Gasteiger partial charge >= 0.3 is 12.0 Å². The Kier molecular flexibility index (Phi) is 4.26. The number of hydrogen-bond acceptors (Lipinski definition) is 2. The second kappa shape index (κ2) is 6.11. The number of fused-ring (bicyclic) bond motifs is 1. The third-order valence-corrected chi connectivity index (χ3v) is 3.23. The van der Waals surface area contributed by atoms with Gasteiger partial charge in [0.15, 0.2) is 0 Å². The minimum atomic E-state index is -0.957. The van der Waals surface area contributed by atoms with Crippen LogP contribution in [-0.2, 0) is 6.42 Å². The molecule has 0 fully saturated rings. The topological polar surface area (TPSA) is 69.6 Å². The van der Waals surface area contributed by atoms with Gasteiger partial charge in [-0.15, -0.1) is 5.92 Å². The molecule has 0 saturated heterocycles. The molecule has 1 aliphatic rings. The van der Waals surface area contributed by atoms with Crippen LogP contribution in [-0.4, -0.2) is 30.2 Å². The van der Waals surface area contributed by atoms with E-state index in [9.17, 15) is 14.7 Å². The van der Waals surface area contributed by atoms with Crippen molar-refractivity contribution in [3.8, 4) is 11.8 Å². The summed E-state index contributed by atoms with van der Waals surface area (Å²) < 4.78 is 0. The minimum Gasteiger partial charge on any atom is -0.478 e. The van der Waals surface area contributed by atoms with Crippen LogP contribution < -0.4 is 10.2 Å². The highest BCUT2D eigenvalue weighted by atomic mass is 16.4. The van der Waals surface area contributed by atoms with Gasteiger partial charge in [0, 0.05) is 12.2 Å². The fourth-order valence-electron chi connectivity index (χ4n) is 2.34. The molecule has 0 spiro atoms. The molecule has 2 rings (SSSR count). The smallest absolute Gasteiger partial charge is 0.336 e. The first-order valence-electron chi connectivity index (χ1n) is 6.45. The van der Waals surface area contributed by atoms with Crippen molar-refractivity contribution in [3.05, 3.63) is 29.3 Å². The number of carbonyl (C=O) groups is 2. The summed E-state index contributed by atoms with van der Waals surface area (Å²) in [4.78, 5) is 24.9. The third kappa shape index (κ3) is 2.75. The van der Waals surface area contributed by atoms with Crippen molar-refractivity contribution in [1.29, 1.82) is 0 Å². The molecule has 0 radical (unpaired) electrons. The molecule has 20 heavy (non-hydrogen) atoms. The van der Waals surface area contributed by atoms with E-state index in [1.54, 1.807) is 30.0 Å². The Morgan fingerprint density at radius 3 is 2.95 bits per heavy atom. The number of anilines is 1. The number of carboxylic acids is 1. The van der Waals surface area contributed by atoms with Gasteiger partial charge in [0.25, 0.3) is 0 Å². The normalized spacial score (nSPS) is 12.9. The first kappa shape index (κ1) is 13.9. The molecule has 1 aliphatic heterocycles. The number of carbonyl (C=O) groups excluding carboxylic acids is 1. The molecule has 1 aromatic rings. The lowest BCUT2D eigenvalue weighted by atomic mass is 9.96. The summed E-state index contributed by atoms with van der Waals surface area (Å²) in [6, 6.07) is 4.79. The number of hydrogen-bond donors (Lipinski definition) is 2. The lowest BCUT2D eigenvalue weighted by Gasteiger charge is -2.30. The fraction of sp³-hybridized carbons (Fsp3) is 0.333. The van der Waals surface area contributed by atoms with Crippen LogP contribution in [0.4, 0.5) is 10.5 Å². The van der Waals surface area contributed by atoms with Gasteiger partial charge in [-0.05, 0) is 37.5 Å². The monoisotopic (exact) mass is 272 g/mol. The van der Waals surface area contributed by atoms with Gasteiger partial charge in [0.1, 0.15) is 0 Å². The largest absolute Gasteiger partial charge is 0.478 e. The number of rotatable bonds is 2. The zero-order chi connectivity index (χ0) is 14.5. The SMILES string of the molecule is CC#CCNC(=O)N1CCCc2c(C(=O)O)cccc21. The van der Waals surface area contributed by atoms with E-state index in [0.717, 1.165) is 12.0 Å². The number of carboxylic acid groups (broad SMARTS) is 1. The predicted molar refractivity (Wildman–Crippen MR) is 75.9 cm³/mol. The van der Waals surface area contributed by atoms with Gasteiger partial charge in [0.05, 0.1) is 12.1 Å². The van der Waals surface area contributed by atoms with Crippen LogP contribution in [0.15, 0.2) is 18.2 Å². The van der Waals surface area contributed by atoms with Crippen molar-refractivity contribution in [3.63, 3.8) is 0 Å². The molecule has 1 aromatic carbocycles. The van der Waals surface area contributed by atoms with Crippen molar-refractivity contribution in [2.75, 3.05) is 18.0 Å². The number of nitrogens with zero attached hydrogens (tertiary/aromatic N) is 1. The Morgan fingerprint density at radius 1 is 1.45 bits per heavy atom. The number of urea groups is 1. The molecular weight excluding hydrogens is 256 g/mol. The van der Waals surface area contributed by atoms with Crippen LogP contribution in [0.3, 0.4) is 0 Å². The number of nitrogens with one attached hydrogen (secondary N) is 1. The first-order valence-corrected chi connectivity index (χ1v) is 6.45. The van der Waals surface area contributed by atoms with Crippen molar-refractivity contribution < 1.29 is 14.7 Å². The molecule has 104 valence electrons. The summed E-state index contributed by atoms with van der Waals surface area (Å²) in [7, 11) is 0. The minimum absolute atomic E-state index is 0.240. The molecule has 0 unspecified atom stereocenters. The molecule has 2 amide bonds. The Labute approximate surface area is 117 Å². The quantitative estimate of drug-likeness (QED) is 0.807. The second-order valence-corrected chi connectivity index (χ2v) is 4.45. The summed E-state index contributed by atoms with van der Waals surface area (Å²) in [6.45, 7) is 2.59. The summed E-state index contributed by atoms with van der Waals surface area (Å²) in [5, 5.41) is 11.9. The molecule has 2 N–H and O–H groups in total. The second-order valence-electron chi connectivity index (χ2n) is 4.45. The predicted octanol–water partition coefficient (Wildman–Crippen LogP) is 1.87. The summed E-state index contributed by atoms with van der Waals surface area (Å²) in [5.41, 5.74) is 1.68. The van der Waals surface area contributed by atoms with Crippen molar-refractivity contribution in [2.45, 2.75) is 19.8 Å². The zero-order valence-electron chi connectivity index (χ0n) is 11.3. The highest BCUT2D eigenvalue weighted by Crippen LogP contribution is 2.29. The van der Waals surface area contributed by atoms with E-state index in [2.05, 4.69) is 17.2 Å². The Morgan fingerprint density at radius 2 is 2.25 bits per heavy atom. The Hall–Kier alpha value is -2.48. The van der Waals surface area contributed by atoms with Gasteiger partial charge in [-0.1, -0.05) is 12.0 Å². The van der Waals surface area contributed by atoms with E-state index in [-0.39, 0.29) is 11.6 Å². The highest BCUT2D eigenvalue weighted by Gasteiger charge is 2.25. The summed E-state index contributed by atoms with van der Waals surface area (Å²) in [6.07, 6.45) is 1.43. The van der Waals surface area contributed by atoms with Crippen LogP contribution in [0.5, 0.6) is 0 Å². The van der Waals surface area contributed by atoms with Crippen molar-refractivity contribution >= 4 is 17.7 Å². The van der Waals surface area contributed by atoms with E-state index in [1.807, 2.05) is 0 Å². The Balaban J connectivity index is 2.28. The summed E-state index contributed by atoms with van der Waals surface area (Å²) >= 11 is 0. The van der Waals surface area contributed by atoms with Crippen LogP contribution in [0.1, 0.15) is 29.3 Å². The maximum absolute atomic E-state index is 12.1. The van der Waals surface area contributed by atoms with E-state index in [1.165, 1.54) is 0 Å². The number of aromatic carboxylic acids is 1. The van der Waals surface area contributed by atoms with Gasteiger partial charge in [-0.2, -0.15) is 0 Å². The fourth-order valence-corrected chi connectivity index (χ4v) is 2.34. The van der Waals surface area contributed by atoms with E-state index in [4.69, 9.17) is 0 Å². The van der Waals surface area contributed by atoms with Crippen LogP contribution in [0.25, 0.3) is 0 Å². The van der Waals surface area contributed by atoms with Crippen molar-refractivity contribution in [2.24, 2.45) is 0 Å². The molecular formula is C15H16N2O3. The number of amides is 2. The lowest BCUT2D eigenvalue weighted by molar-refractivity contribution is 0.0695. The maximum atomic E-state index is 12.1. The average Bonchev–Trinajstić information content (AvgIpc) is 2.46. The standard InChI is InChI=1S/C15H16N2O3/c1-2-3-9-16-15(20)17-10-5-7-11-12(14(18)19)6-4-8-13(11)17/h4,6,8H,5,7,9-10H2,1H3,(H,16,20)(H,18,19). The molecule has 0 saturated carbocycles. The lowest BCUT2D eigenvalue weighted by Crippen LogP contribution is -2.43. The average molecular weight is 272 g/mol. The molecule has 0 atom stereocenters. The zero-order valence-corrected chi connectivity index (χ0v) is 11.3. The first-order chi connectivity index (χ1) is 9.65. The van der Waals surface area contributed by atoms with E-state index >= 15 is 0 Å². The Bertz CT molecular complexity index is 599. The molecule has 0 aromatic heterocycles. The molecule has 0 bridgehead atoms. The van der Waals surface area contributed by atoms with Gasteiger partial charge in [0.2, 0.25) is 0 Å². The van der Waals surface area contributed by atoms with E-state index < -0.39 is 5.97 Å². The maximum Gasteiger partial charge on any atom is 0.336 e. The molecule has 0 aliphatic carbocycles. The van der Waals surface area contributed by atoms with Crippen LogP contribution >= 0.6 is 0 Å². The van der Waals surface area contributed by atoms with Gasteiger partial charge in [-0.25, -0.2) is 9.59 Å². The van der Waals surface area contributed by atoms with Crippen molar-refractivity contribution in [1.82, 2.24) is 5.32 Å². The van der Waals surface area contributed by atoms with E-state index in [0.29, 0.717) is 25.2 Å². The highest BCUT2D eigenvalue weighted by molar-refractivity contribution is 5.97. The van der Waals surface area contributed by atoms with Crippen LogP contribution in [0.2, 0.25) is 0 Å². The summed E-state index contributed by atoms with van der Waals surface area (Å²) in [5.74, 6) is 4.52. The third-order valence-electron chi connectivity index (χ3n) is 3.23. The van der Waals surface area contributed by atoms with Gasteiger partial charge in [-0.3, -0.25) is 4.90 Å². The van der Waals surface area contributed by atoms with Crippen LogP contribution in [0, 0.1) is 11.8 Å². The number of benzene rings is 1.